The molecule has 1 rings (SSSR count). The van der Waals surface area contributed by atoms with E-state index in [-0.39, 0.29) is 0 Å². The number of carbonyl (C=O) groups is 1. The zero-order valence-electron chi connectivity index (χ0n) is 9.42. The van der Waals surface area contributed by atoms with Crippen LogP contribution in [0, 0.1) is 0 Å². The van der Waals surface area contributed by atoms with Crippen LogP contribution >= 0.6 is 15.9 Å². The van der Waals surface area contributed by atoms with Gasteiger partial charge in [-0.15, -0.1) is 0 Å². The maximum Gasteiger partial charge on any atom is 0.401 e. The van der Waals surface area contributed by atoms with E-state index in [0.29, 0.717) is 5.56 Å². The van der Waals surface area contributed by atoms with Crippen molar-refractivity contribution in [2.45, 2.75) is 12.2 Å². The zero-order valence-corrected chi connectivity index (χ0v) is 11.0. The second-order valence-corrected chi connectivity index (χ2v) is 4.42. The van der Waals surface area contributed by atoms with Crippen molar-refractivity contribution in [1.82, 2.24) is 5.32 Å². The normalized spacial score (nSPS) is 13.2. The van der Waals surface area contributed by atoms with E-state index in [4.69, 9.17) is 0 Å². The number of rotatable bonds is 4. The lowest BCUT2D eigenvalue weighted by Crippen LogP contribution is -2.36. The molecule has 0 heterocycles. The number of nitrogens with one attached hydrogen (secondary N) is 1. The predicted molar refractivity (Wildman–Crippen MR) is 63.0 cm³/mol. The molecule has 1 aromatic carbocycles. The Kier molecular flexibility index (Phi) is 5.15. The highest BCUT2D eigenvalue weighted by atomic mass is 79.9. The number of ether oxygens (including phenoxy) is 1. The van der Waals surface area contributed by atoms with Gasteiger partial charge < -0.3 is 4.74 Å². The number of halogens is 4. The lowest BCUT2D eigenvalue weighted by molar-refractivity contribution is -0.146. The third-order valence-corrected chi connectivity index (χ3v) is 2.68. The number of benzene rings is 1. The van der Waals surface area contributed by atoms with E-state index in [9.17, 15) is 18.0 Å². The van der Waals surface area contributed by atoms with Crippen LogP contribution in [-0.2, 0) is 9.53 Å². The van der Waals surface area contributed by atoms with E-state index in [2.05, 4.69) is 26.0 Å². The lowest BCUT2D eigenvalue weighted by atomic mass is 10.1. The van der Waals surface area contributed by atoms with Crippen LogP contribution in [0.5, 0.6) is 0 Å². The summed E-state index contributed by atoms with van der Waals surface area (Å²) in [6.07, 6.45) is -4.39. The van der Waals surface area contributed by atoms with Crippen LogP contribution in [0.4, 0.5) is 13.2 Å². The van der Waals surface area contributed by atoms with E-state index >= 15 is 0 Å². The van der Waals surface area contributed by atoms with Crippen LogP contribution in [-0.4, -0.2) is 25.8 Å². The van der Waals surface area contributed by atoms with Gasteiger partial charge in [0, 0.05) is 4.47 Å². The van der Waals surface area contributed by atoms with Gasteiger partial charge in [-0.05, 0) is 17.7 Å². The number of hydrogen-bond acceptors (Lipinski definition) is 3. The molecule has 1 N–H and O–H groups in total. The predicted octanol–water partition coefficient (Wildman–Crippen LogP) is 2.82. The first-order valence-corrected chi connectivity index (χ1v) is 5.76. The number of esters is 1. The fourth-order valence-corrected chi connectivity index (χ4v) is 1.59. The number of alkyl halides is 3. The third-order valence-electron chi connectivity index (χ3n) is 2.15. The number of hydrogen-bond donors (Lipinski definition) is 1. The summed E-state index contributed by atoms with van der Waals surface area (Å²) in [5, 5.41) is 2.13. The second kappa shape index (κ2) is 6.19. The fraction of sp³-hybridized carbons (Fsp3) is 0.364. The Morgan fingerprint density at radius 3 is 2.39 bits per heavy atom. The molecule has 0 spiro atoms. The van der Waals surface area contributed by atoms with Gasteiger partial charge in [0.25, 0.3) is 0 Å². The van der Waals surface area contributed by atoms with Gasteiger partial charge in [-0.3, -0.25) is 5.32 Å². The van der Waals surface area contributed by atoms with Gasteiger partial charge in [-0.2, -0.15) is 13.2 Å². The molecule has 0 saturated heterocycles. The van der Waals surface area contributed by atoms with Gasteiger partial charge in [0.1, 0.15) is 6.04 Å². The molecule has 1 atom stereocenters. The maximum absolute atomic E-state index is 12.1. The van der Waals surface area contributed by atoms with E-state index in [1.165, 1.54) is 0 Å². The highest BCUT2D eigenvalue weighted by Gasteiger charge is 2.31. The Balaban J connectivity index is 2.85. The minimum absolute atomic E-state index is 0.411. The van der Waals surface area contributed by atoms with Gasteiger partial charge >= 0.3 is 12.1 Å². The molecule has 0 fully saturated rings. The zero-order chi connectivity index (χ0) is 13.8. The molecule has 18 heavy (non-hydrogen) atoms. The molecular weight excluding hydrogens is 315 g/mol. The Bertz CT molecular complexity index is 406. The summed E-state index contributed by atoms with van der Waals surface area (Å²) in [4.78, 5) is 11.5. The maximum atomic E-state index is 12.1. The first-order chi connectivity index (χ1) is 8.33. The van der Waals surface area contributed by atoms with E-state index in [1.54, 1.807) is 24.3 Å². The molecule has 0 saturated carbocycles. The molecule has 7 heteroatoms. The summed E-state index contributed by atoms with van der Waals surface area (Å²) in [6, 6.07) is 5.25. The van der Waals surface area contributed by atoms with Crippen molar-refractivity contribution in [3.63, 3.8) is 0 Å². The SMILES string of the molecule is COC(=O)C(NCC(F)(F)F)c1ccc(Br)cc1. The first-order valence-electron chi connectivity index (χ1n) is 4.97. The molecule has 1 aromatic rings. The van der Waals surface area contributed by atoms with Crippen molar-refractivity contribution in [2.75, 3.05) is 13.7 Å². The molecule has 0 aromatic heterocycles. The Hall–Kier alpha value is -1.08. The van der Waals surface area contributed by atoms with Gasteiger partial charge in [-0.1, -0.05) is 28.1 Å². The topological polar surface area (TPSA) is 38.3 Å². The number of methoxy groups -OCH3 is 1. The van der Waals surface area contributed by atoms with Crippen molar-refractivity contribution in [3.05, 3.63) is 34.3 Å². The highest BCUT2D eigenvalue weighted by molar-refractivity contribution is 9.10. The summed E-state index contributed by atoms with van der Waals surface area (Å²) in [5.41, 5.74) is 0.411. The van der Waals surface area contributed by atoms with Crippen LogP contribution in [0.2, 0.25) is 0 Å². The summed E-state index contributed by atoms with van der Waals surface area (Å²) in [5.74, 6) is -0.762. The third kappa shape index (κ3) is 4.66. The second-order valence-electron chi connectivity index (χ2n) is 3.50. The molecule has 0 radical (unpaired) electrons. The smallest absolute Gasteiger partial charge is 0.401 e. The van der Waals surface area contributed by atoms with Crippen LogP contribution in [0.3, 0.4) is 0 Å². The Morgan fingerprint density at radius 1 is 1.39 bits per heavy atom. The van der Waals surface area contributed by atoms with E-state index in [1.807, 2.05) is 0 Å². The van der Waals surface area contributed by atoms with E-state index in [0.717, 1.165) is 11.6 Å². The van der Waals surface area contributed by atoms with E-state index < -0.39 is 24.7 Å². The average molecular weight is 326 g/mol. The van der Waals surface area contributed by atoms with Crippen molar-refractivity contribution >= 4 is 21.9 Å². The summed E-state index contributed by atoms with van der Waals surface area (Å²) in [7, 11) is 1.13. The summed E-state index contributed by atoms with van der Waals surface area (Å²) >= 11 is 3.20. The highest BCUT2D eigenvalue weighted by Crippen LogP contribution is 2.20. The minimum atomic E-state index is -4.39. The molecule has 3 nitrogen and oxygen atoms in total. The summed E-state index contributed by atoms with van der Waals surface area (Å²) < 4.78 is 41.7. The van der Waals surface area contributed by atoms with Crippen molar-refractivity contribution in [1.29, 1.82) is 0 Å². The van der Waals surface area contributed by atoms with Gasteiger partial charge in [0.15, 0.2) is 0 Å². The van der Waals surface area contributed by atoms with Gasteiger partial charge in [0.2, 0.25) is 0 Å². The standard InChI is InChI=1S/C11H11BrF3NO2/c1-18-10(17)9(16-6-11(13,14)15)7-2-4-8(12)5-3-7/h2-5,9,16H,6H2,1H3. The molecule has 100 valence electrons. The molecular formula is C11H11BrF3NO2. The quantitative estimate of drug-likeness (QED) is 0.865. The molecule has 0 bridgehead atoms. The van der Waals surface area contributed by atoms with Crippen molar-refractivity contribution < 1.29 is 22.7 Å². The summed E-state index contributed by atoms with van der Waals surface area (Å²) in [6.45, 7) is -1.26. The molecule has 0 amide bonds. The van der Waals surface area contributed by atoms with Crippen LogP contribution in [0.25, 0.3) is 0 Å². The van der Waals surface area contributed by atoms with Crippen molar-refractivity contribution in [3.8, 4) is 0 Å². The van der Waals surface area contributed by atoms with Crippen molar-refractivity contribution in [2.24, 2.45) is 0 Å². The average Bonchev–Trinajstić information content (AvgIpc) is 2.29. The first kappa shape index (κ1) is 15.0. The minimum Gasteiger partial charge on any atom is -0.468 e. The lowest BCUT2D eigenvalue weighted by Gasteiger charge is -2.18. The molecule has 1 unspecified atom stereocenters. The monoisotopic (exact) mass is 325 g/mol. The number of carbonyl (C=O) groups excluding carboxylic acids is 1. The van der Waals surface area contributed by atoms with Crippen LogP contribution < -0.4 is 5.32 Å². The van der Waals surface area contributed by atoms with Crippen LogP contribution in [0.15, 0.2) is 28.7 Å². The largest absolute Gasteiger partial charge is 0.468 e. The Labute approximate surface area is 110 Å². The van der Waals surface area contributed by atoms with Crippen LogP contribution in [0.1, 0.15) is 11.6 Å². The molecule has 0 aliphatic rings. The fourth-order valence-electron chi connectivity index (χ4n) is 1.33. The molecule has 0 aliphatic carbocycles. The van der Waals surface area contributed by atoms with Gasteiger partial charge in [-0.25, -0.2) is 4.79 Å². The molecule has 0 aliphatic heterocycles. The van der Waals surface area contributed by atoms with Gasteiger partial charge in [0.05, 0.1) is 13.7 Å². The Morgan fingerprint density at radius 2 is 1.94 bits per heavy atom.